The summed E-state index contributed by atoms with van der Waals surface area (Å²) in [5.74, 6) is -0.351. The van der Waals surface area contributed by atoms with Gasteiger partial charge in [-0.15, -0.1) is 0 Å². The molecule has 0 saturated carbocycles. The summed E-state index contributed by atoms with van der Waals surface area (Å²) in [5.41, 5.74) is 1.54. The molecule has 1 heterocycles. The van der Waals surface area contributed by atoms with Gasteiger partial charge in [-0.2, -0.15) is 0 Å². The molecule has 6 nitrogen and oxygen atoms in total. The van der Waals surface area contributed by atoms with Crippen LogP contribution in [-0.2, 0) is 9.59 Å². The number of anilines is 1. The van der Waals surface area contributed by atoms with Crippen LogP contribution in [0.25, 0.3) is 0 Å². The fourth-order valence-electron chi connectivity index (χ4n) is 3.91. The topological polar surface area (TPSA) is 67.1 Å². The number of carbonyl (C=O) groups excluding carboxylic acids is 2. The Hall–Kier alpha value is -2.77. The Labute approximate surface area is 177 Å². The lowest BCUT2D eigenvalue weighted by molar-refractivity contribution is -1.02. The summed E-state index contributed by atoms with van der Waals surface area (Å²) in [6.45, 7) is 6.49. The standard InChI is InChI=1S/C23H29FN4O2/c1-2-12-25-21(29)17-27-13-15-28(16-14-27)22(18-6-4-3-5-7-18)23(30)26-20-10-8-19(24)9-11-20/h3-11,22H,2,12-17H2,1H3,(H,25,29)(H,26,30)/p+2/t22-/m1/s1. The second-order valence-electron chi connectivity index (χ2n) is 7.77. The Morgan fingerprint density at radius 3 is 2.30 bits per heavy atom. The van der Waals surface area contributed by atoms with E-state index in [0.29, 0.717) is 18.8 Å². The van der Waals surface area contributed by atoms with Crippen LogP contribution in [0.1, 0.15) is 24.9 Å². The number of hydrogen-bond donors (Lipinski definition) is 4. The van der Waals surface area contributed by atoms with Gasteiger partial charge in [0.25, 0.3) is 11.8 Å². The highest BCUT2D eigenvalue weighted by Crippen LogP contribution is 2.14. The lowest BCUT2D eigenvalue weighted by atomic mass is 10.0. The van der Waals surface area contributed by atoms with E-state index in [1.165, 1.54) is 21.9 Å². The molecule has 0 aliphatic carbocycles. The van der Waals surface area contributed by atoms with E-state index < -0.39 is 0 Å². The summed E-state index contributed by atoms with van der Waals surface area (Å²) in [7, 11) is 0. The van der Waals surface area contributed by atoms with Crippen molar-refractivity contribution in [2.45, 2.75) is 19.4 Å². The van der Waals surface area contributed by atoms with Gasteiger partial charge < -0.3 is 20.4 Å². The van der Waals surface area contributed by atoms with Crippen LogP contribution in [0.3, 0.4) is 0 Å². The minimum absolute atomic E-state index is 0.0870. The molecule has 1 fully saturated rings. The number of quaternary nitrogens is 2. The Morgan fingerprint density at radius 2 is 1.67 bits per heavy atom. The molecule has 0 aromatic heterocycles. The SMILES string of the molecule is CCCNC(=O)C[NH+]1CC[NH+]([C@@H](C(=O)Nc2ccc(F)cc2)c2ccccc2)CC1. The average Bonchev–Trinajstić information content (AvgIpc) is 2.76. The summed E-state index contributed by atoms with van der Waals surface area (Å²) in [4.78, 5) is 27.6. The van der Waals surface area contributed by atoms with Crippen LogP contribution >= 0.6 is 0 Å². The van der Waals surface area contributed by atoms with Crippen LogP contribution in [0.5, 0.6) is 0 Å². The minimum Gasteiger partial charge on any atom is -0.351 e. The molecule has 1 saturated heterocycles. The van der Waals surface area contributed by atoms with E-state index in [0.717, 1.165) is 38.2 Å². The van der Waals surface area contributed by atoms with Gasteiger partial charge in [0.05, 0.1) is 0 Å². The number of amides is 2. The maximum Gasteiger partial charge on any atom is 0.287 e. The highest BCUT2D eigenvalue weighted by atomic mass is 19.1. The maximum atomic E-state index is 13.2. The molecule has 2 aromatic rings. The molecule has 3 rings (SSSR count). The van der Waals surface area contributed by atoms with Gasteiger partial charge in [0.15, 0.2) is 12.6 Å². The van der Waals surface area contributed by atoms with Gasteiger partial charge in [-0.1, -0.05) is 37.3 Å². The summed E-state index contributed by atoms with van der Waals surface area (Å²) < 4.78 is 13.2. The zero-order valence-corrected chi connectivity index (χ0v) is 17.4. The molecule has 160 valence electrons. The smallest absolute Gasteiger partial charge is 0.287 e. The second kappa shape index (κ2) is 10.8. The molecule has 1 aliphatic rings. The normalized spacial score (nSPS) is 19.7. The van der Waals surface area contributed by atoms with Gasteiger partial charge in [-0.25, -0.2) is 4.39 Å². The zero-order valence-electron chi connectivity index (χ0n) is 17.4. The first kappa shape index (κ1) is 21.9. The van der Waals surface area contributed by atoms with Crippen molar-refractivity contribution < 1.29 is 23.8 Å². The van der Waals surface area contributed by atoms with Crippen molar-refractivity contribution in [1.29, 1.82) is 0 Å². The number of piperazine rings is 1. The summed E-state index contributed by atoms with van der Waals surface area (Å²) in [6.07, 6.45) is 0.931. The largest absolute Gasteiger partial charge is 0.351 e. The van der Waals surface area contributed by atoms with Gasteiger partial charge in [-0.05, 0) is 30.7 Å². The first-order valence-electron chi connectivity index (χ1n) is 10.6. The van der Waals surface area contributed by atoms with E-state index in [4.69, 9.17) is 0 Å². The molecular weight excluding hydrogens is 383 g/mol. The van der Waals surface area contributed by atoms with Crippen molar-refractivity contribution in [3.63, 3.8) is 0 Å². The first-order chi connectivity index (χ1) is 14.6. The van der Waals surface area contributed by atoms with E-state index in [9.17, 15) is 14.0 Å². The average molecular weight is 415 g/mol. The van der Waals surface area contributed by atoms with E-state index in [1.54, 1.807) is 12.1 Å². The van der Waals surface area contributed by atoms with E-state index >= 15 is 0 Å². The molecule has 2 amide bonds. The molecule has 1 atom stereocenters. The molecule has 2 aromatic carbocycles. The third-order valence-electron chi connectivity index (χ3n) is 5.50. The quantitative estimate of drug-likeness (QED) is 0.484. The van der Waals surface area contributed by atoms with E-state index in [1.807, 2.05) is 37.3 Å². The first-order valence-corrected chi connectivity index (χ1v) is 10.6. The number of nitrogens with one attached hydrogen (secondary N) is 4. The summed E-state index contributed by atoms with van der Waals surface area (Å²) in [6, 6.07) is 15.2. The molecule has 30 heavy (non-hydrogen) atoms. The van der Waals surface area contributed by atoms with Crippen molar-refractivity contribution in [2.75, 3.05) is 44.6 Å². The number of benzene rings is 2. The minimum atomic E-state index is -0.355. The molecule has 7 heteroatoms. The Balaban J connectivity index is 1.66. The maximum absolute atomic E-state index is 13.2. The van der Waals surface area contributed by atoms with Gasteiger partial charge in [0.2, 0.25) is 0 Å². The molecule has 4 N–H and O–H groups in total. The van der Waals surface area contributed by atoms with E-state index in [-0.39, 0.29) is 23.7 Å². The predicted molar refractivity (Wildman–Crippen MR) is 114 cm³/mol. The zero-order chi connectivity index (χ0) is 21.3. The molecule has 0 spiro atoms. The second-order valence-corrected chi connectivity index (χ2v) is 7.77. The molecule has 1 aliphatic heterocycles. The predicted octanol–water partition coefficient (Wildman–Crippen LogP) is -0.185. The fraction of sp³-hybridized carbons (Fsp3) is 0.391. The van der Waals surface area contributed by atoms with Crippen LogP contribution in [0.2, 0.25) is 0 Å². The van der Waals surface area contributed by atoms with Gasteiger partial charge >= 0.3 is 0 Å². The molecular formula is C23H31FN4O2+2. The van der Waals surface area contributed by atoms with Crippen molar-refractivity contribution in [3.8, 4) is 0 Å². The lowest BCUT2D eigenvalue weighted by Gasteiger charge is -2.34. The number of hydrogen-bond acceptors (Lipinski definition) is 2. The van der Waals surface area contributed by atoms with Crippen LogP contribution in [0, 0.1) is 5.82 Å². The van der Waals surface area contributed by atoms with E-state index in [2.05, 4.69) is 10.6 Å². The number of carbonyl (C=O) groups is 2. The monoisotopic (exact) mass is 414 g/mol. The Kier molecular flexibility index (Phi) is 7.93. The summed E-state index contributed by atoms with van der Waals surface area (Å²) >= 11 is 0. The molecule has 0 bridgehead atoms. The fourth-order valence-corrected chi connectivity index (χ4v) is 3.91. The number of rotatable bonds is 8. The highest BCUT2D eigenvalue weighted by Gasteiger charge is 2.36. The van der Waals surface area contributed by atoms with Crippen molar-refractivity contribution in [1.82, 2.24) is 5.32 Å². The van der Waals surface area contributed by atoms with Crippen molar-refractivity contribution in [3.05, 3.63) is 66.0 Å². The summed E-state index contributed by atoms with van der Waals surface area (Å²) in [5, 5.41) is 5.87. The third-order valence-corrected chi connectivity index (χ3v) is 5.50. The highest BCUT2D eigenvalue weighted by molar-refractivity contribution is 5.94. The van der Waals surface area contributed by atoms with Gasteiger partial charge in [0, 0.05) is 17.8 Å². The number of halogens is 1. The van der Waals surface area contributed by atoms with Crippen LogP contribution in [-0.4, -0.2) is 51.1 Å². The van der Waals surface area contributed by atoms with Crippen molar-refractivity contribution in [2.24, 2.45) is 0 Å². The van der Waals surface area contributed by atoms with Gasteiger partial charge in [-0.3, -0.25) is 9.59 Å². The van der Waals surface area contributed by atoms with Crippen LogP contribution in [0.15, 0.2) is 54.6 Å². The van der Waals surface area contributed by atoms with Crippen LogP contribution < -0.4 is 20.4 Å². The Bertz CT molecular complexity index is 821. The molecule has 0 radical (unpaired) electrons. The van der Waals surface area contributed by atoms with Crippen LogP contribution in [0.4, 0.5) is 10.1 Å². The lowest BCUT2D eigenvalue weighted by Crippen LogP contribution is -3.28. The van der Waals surface area contributed by atoms with Gasteiger partial charge in [0.1, 0.15) is 32.0 Å². The third kappa shape index (κ3) is 6.11. The van der Waals surface area contributed by atoms with Crippen molar-refractivity contribution >= 4 is 17.5 Å². The Morgan fingerprint density at radius 1 is 1.00 bits per heavy atom. The molecule has 0 unspecified atom stereocenters.